The van der Waals surface area contributed by atoms with Crippen LogP contribution < -0.4 is 4.90 Å². The molecule has 8 heteroatoms. The van der Waals surface area contributed by atoms with Crippen molar-refractivity contribution >= 4 is 27.7 Å². The molecular formula is C17H19BrN6O. The summed E-state index contributed by atoms with van der Waals surface area (Å²) >= 11 is 3.35. The first-order valence-electron chi connectivity index (χ1n) is 8.06. The number of amides is 1. The van der Waals surface area contributed by atoms with E-state index in [0.717, 1.165) is 23.9 Å². The Morgan fingerprint density at radius 3 is 2.96 bits per heavy atom. The van der Waals surface area contributed by atoms with E-state index >= 15 is 0 Å². The van der Waals surface area contributed by atoms with Gasteiger partial charge in [-0.15, -0.1) is 0 Å². The van der Waals surface area contributed by atoms with Crippen LogP contribution in [-0.2, 0) is 7.05 Å². The number of carbonyl (C=O) groups excluding carboxylic acids is 1. The SMILES string of the molecule is CN(C(=O)c1cnn(C)c1)C1CCCN(c2ncc(Br)cc2C#N)C1. The van der Waals surface area contributed by atoms with Gasteiger partial charge in [0.25, 0.3) is 5.91 Å². The van der Waals surface area contributed by atoms with E-state index < -0.39 is 0 Å². The molecule has 0 aliphatic carbocycles. The number of nitrogens with zero attached hydrogens (tertiary/aromatic N) is 6. The van der Waals surface area contributed by atoms with Crippen molar-refractivity contribution in [2.45, 2.75) is 18.9 Å². The van der Waals surface area contributed by atoms with Gasteiger partial charge in [-0.25, -0.2) is 4.98 Å². The van der Waals surface area contributed by atoms with Crippen LogP contribution in [0.4, 0.5) is 5.82 Å². The predicted molar refractivity (Wildman–Crippen MR) is 97.2 cm³/mol. The number of aromatic nitrogens is 3. The van der Waals surface area contributed by atoms with Crippen LogP contribution in [0.3, 0.4) is 0 Å². The third kappa shape index (κ3) is 3.66. The highest BCUT2D eigenvalue weighted by Crippen LogP contribution is 2.25. The van der Waals surface area contributed by atoms with Gasteiger partial charge in [-0.05, 0) is 34.8 Å². The summed E-state index contributed by atoms with van der Waals surface area (Å²) in [6, 6.07) is 4.05. The topological polar surface area (TPSA) is 78.1 Å². The number of pyridine rings is 1. The number of hydrogen-bond acceptors (Lipinski definition) is 5. The maximum absolute atomic E-state index is 12.6. The van der Waals surface area contributed by atoms with E-state index in [4.69, 9.17) is 0 Å². The largest absolute Gasteiger partial charge is 0.353 e. The van der Waals surface area contributed by atoms with Gasteiger partial charge in [0.05, 0.1) is 17.3 Å². The number of nitriles is 1. The molecule has 0 spiro atoms. The molecule has 0 aromatic carbocycles. The van der Waals surface area contributed by atoms with E-state index in [1.165, 1.54) is 0 Å². The fourth-order valence-electron chi connectivity index (χ4n) is 3.13. The van der Waals surface area contributed by atoms with E-state index in [2.05, 4.69) is 37.0 Å². The Labute approximate surface area is 155 Å². The third-order valence-electron chi connectivity index (χ3n) is 4.47. The summed E-state index contributed by atoms with van der Waals surface area (Å²) in [5, 5.41) is 13.4. The van der Waals surface area contributed by atoms with Crippen molar-refractivity contribution in [3.05, 3.63) is 40.3 Å². The zero-order valence-corrected chi connectivity index (χ0v) is 15.8. The summed E-state index contributed by atoms with van der Waals surface area (Å²) in [4.78, 5) is 20.9. The van der Waals surface area contributed by atoms with Crippen molar-refractivity contribution in [3.8, 4) is 6.07 Å². The van der Waals surface area contributed by atoms with E-state index in [9.17, 15) is 10.1 Å². The number of piperidine rings is 1. The Hall–Kier alpha value is -2.40. The normalized spacial score (nSPS) is 17.2. The highest BCUT2D eigenvalue weighted by Gasteiger charge is 2.28. The van der Waals surface area contributed by atoms with Crippen LogP contribution in [-0.4, -0.2) is 51.8 Å². The van der Waals surface area contributed by atoms with Crippen molar-refractivity contribution in [1.29, 1.82) is 5.26 Å². The lowest BCUT2D eigenvalue weighted by Crippen LogP contribution is -2.49. The van der Waals surface area contributed by atoms with Crippen molar-refractivity contribution in [1.82, 2.24) is 19.7 Å². The molecule has 1 amide bonds. The van der Waals surface area contributed by atoms with Crippen LogP contribution in [0.2, 0.25) is 0 Å². The third-order valence-corrected chi connectivity index (χ3v) is 4.90. The molecule has 3 rings (SSSR count). The molecule has 0 N–H and O–H groups in total. The van der Waals surface area contributed by atoms with Crippen LogP contribution >= 0.6 is 15.9 Å². The van der Waals surface area contributed by atoms with E-state index in [1.54, 1.807) is 41.3 Å². The second-order valence-corrected chi connectivity index (χ2v) is 7.11. The standard InChI is InChI=1S/C17H19BrN6O/c1-22-10-13(8-21-22)17(25)23(2)15-4-3-5-24(11-15)16-12(7-19)6-14(18)9-20-16/h6,8-10,15H,3-5,11H2,1-2H3. The average Bonchev–Trinajstić information content (AvgIpc) is 3.06. The van der Waals surface area contributed by atoms with Crippen LogP contribution in [0.15, 0.2) is 29.1 Å². The molecule has 25 heavy (non-hydrogen) atoms. The van der Waals surface area contributed by atoms with Crippen LogP contribution in [0.5, 0.6) is 0 Å². The molecule has 1 aliphatic rings. The minimum Gasteiger partial charge on any atom is -0.353 e. The van der Waals surface area contributed by atoms with Crippen molar-refractivity contribution in [2.24, 2.45) is 7.05 Å². The van der Waals surface area contributed by atoms with Gasteiger partial charge in [-0.3, -0.25) is 9.48 Å². The number of hydrogen-bond donors (Lipinski definition) is 0. The van der Waals surface area contributed by atoms with Gasteiger partial charge >= 0.3 is 0 Å². The lowest BCUT2D eigenvalue weighted by Gasteiger charge is -2.38. The minimum absolute atomic E-state index is 0.0378. The number of aryl methyl sites for hydroxylation is 1. The zero-order valence-electron chi connectivity index (χ0n) is 14.2. The molecule has 1 unspecified atom stereocenters. The fraction of sp³-hybridized carbons (Fsp3) is 0.412. The van der Waals surface area contributed by atoms with Crippen molar-refractivity contribution in [2.75, 3.05) is 25.0 Å². The lowest BCUT2D eigenvalue weighted by atomic mass is 10.0. The number of likely N-dealkylation sites (N-methyl/N-ethyl adjacent to an activating group) is 1. The quantitative estimate of drug-likeness (QED) is 0.785. The van der Waals surface area contributed by atoms with E-state index in [-0.39, 0.29) is 11.9 Å². The molecule has 1 saturated heterocycles. The average molecular weight is 403 g/mol. The molecule has 0 bridgehead atoms. The van der Waals surface area contributed by atoms with Gasteiger partial charge < -0.3 is 9.80 Å². The summed E-state index contributed by atoms with van der Waals surface area (Å²) in [5.41, 5.74) is 1.12. The second kappa shape index (κ2) is 7.23. The summed E-state index contributed by atoms with van der Waals surface area (Å²) in [6.07, 6.45) is 6.88. The second-order valence-electron chi connectivity index (χ2n) is 6.20. The number of carbonyl (C=O) groups is 1. The molecule has 0 radical (unpaired) electrons. The smallest absolute Gasteiger partial charge is 0.257 e. The maximum Gasteiger partial charge on any atom is 0.257 e. The van der Waals surface area contributed by atoms with Crippen molar-refractivity contribution < 1.29 is 4.79 Å². The lowest BCUT2D eigenvalue weighted by molar-refractivity contribution is 0.0717. The van der Waals surface area contributed by atoms with Gasteiger partial charge in [0.1, 0.15) is 11.9 Å². The fourth-order valence-corrected chi connectivity index (χ4v) is 3.46. The summed E-state index contributed by atoms with van der Waals surface area (Å²) < 4.78 is 2.41. The Morgan fingerprint density at radius 1 is 1.48 bits per heavy atom. The first-order chi connectivity index (χ1) is 12.0. The highest BCUT2D eigenvalue weighted by atomic mass is 79.9. The molecule has 2 aromatic heterocycles. The molecular weight excluding hydrogens is 384 g/mol. The van der Waals surface area contributed by atoms with Crippen LogP contribution in [0.1, 0.15) is 28.8 Å². The molecule has 3 heterocycles. The summed E-state index contributed by atoms with van der Waals surface area (Å²) in [6.45, 7) is 1.49. The molecule has 7 nitrogen and oxygen atoms in total. The Bertz CT molecular complexity index is 827. The predicted octanol–water partition coefficient (Wildman–Crippen LogP) is 2.19. The highest BCUT2D eigenvalue weighted by molar-refractivity contribution is 9.10. The molecule has 130 valence electrons. The summed E-state index contributed by atoms with van der Waals surface area (Å²) in [7, 11) is 3.62. The zero-order chi connectivity index (χ0) is 18.0. The van der Waals surface area contributed by atoms with Crippen LogP contribution in [0, 0.1) is 11.3 Å². The number of halogens is 1. The molecule has 1 fully saturated rings. The Morgan fingerprint density at radius 2 is 2.28 bits per heavy atom. The summed E-state index contributed by atoms with van der Waals surface area (Å²) in [5.74, 6) is 0.641. The van der Waals surface area contributed by atoms with Gasteiger partial charge in [0, 0.05) is 50.1 Å². The molecule has 0 saturated carbocycles. The van der Waals surface area contributed by atoms with Crippen molar-refractivity contribution in [3.63, 3.8) is 0 Å². The van der Waals surface area contributed by atoms with Gasteiger partial charge in [0.15, 0.2) is 0 Å². The monoisotopic (exact) mass is 402 g/mol. The van der Waals surface area contributed by atoms with E-state index in [1.807, 2.05) is 7.05 Å². The first kappa shape index (κ1) is 17.4. The van der Waals surface area contributed by atoms with Gasteiger partial charge in [-0.1, -0.05) is 0 Å². The van der Waals surface area contributed by atoms with Gasteiger partial charge in [0.2, 0.25) is 0 Å². The van der Waals surface area contributed by atoms with Crippen LogP contribution in [0.25, 0.3) is 0 Å². The minimum atomic E-state index is -0.0378. The molecule has 1 aliphatic heterocycles. The molecule has 1 atom stereocenters. The Kier molecular flexibility index (Phi) is 5.04. The first-order valence-corrected chi connectivity index (χ1v) is 8.85. The van der Waals surface area contributed by atoms with Gasteiger partial charge in [-0.2, -0.15) is 10.4 Å². The maximum atomic E-state index is 12.6. The molecule has 2 aromatic rings. The number of anilines is 1. The van der Waals surface area contributed by atoms with E-state index in [0.29, 0.717) is 23.5 Å². The Balaban J connectivity index is 1.77. The number of rotatable bonds is 3.